The third-order valence-electron chi connectivity index (χ3n) is 6.22. The summed E-state index contributed by atoms with van der Waals surface area (Å²) < 4.78 is 54.1. The first kappa shape index (κ1) is 22.4. The van der Waals surface area contributed by atoms with Crippen molar-refractivity contribution in [3.63, 3.8) is 0 Å². The molecule has 1 fully saturated rings. The zero-order valence-electron chi connectivity index (χ0n) is 17.6. The summed E-state index contributed by atoms with van der Waals surface area (Å²) in [6.07, 6.45) is 3.52. The number of hydrogen-bond donors (Lipinski definition) is 1. The Morgan fingerprint density at radius 1 is 1.00 bits per heavy atom. The fourth-order valence-electron chi connectivity index (χ4n) is 4.77. The number of fused-ring (bicyclic) bond motifs is 3. The van der Waals surface area contributed by atoms with E-state index in [0.717, 1.165) is 32.2 Å². The monoisotopic (exact) mass is 463 g/mol. The van der Waals surface area contributed by atoms with Crippen LogP contribution in [0, 0.1) is 0 Å². The minimum Gasteiger partial charge on any atom is -0.296 e. The van der Waals surface area contributed by atoms with E-state index >= 15 is 0 Å². The normalized spacial score (nSPS) is 22.1. The highest BCUT2D eigenvalue weighted by Gasteiger charge is 2.39. The molecule has 2 aliphatic rings. The van der Waals surface area contributed by atoms with Gasteiger partial charge in [0.1, 0.15) is 0 Å². The molecule has 1 N–H and O–H groups in total. The summed E-state index contributed by atoms with van der Waals surface area (Å²) in [6, 6.07) is 16.8. The molecule has 2 aromatic rings. The summed E-state index contributed by atoms with van der Waals surface area (Å²) in [5.74, 6) is 0. The van der Waals surface area contributed by atoms with E-state index < -0.39 is 20.0 Å². The molecule has 2 aliphatic heterocycles. The van der Waals surface area contributed by atoms with Gasteiger partial charge in [0, 0.05) is 38.3 Å². The van der Waals surface area contributed by atoms with Crippen LogP contribution in [0.5, 0.6) is 0 Å². The number of nitrogens with zero attached hydrogens (tertiary/aromatic N) is 2. The number of piperidine rings is 1. The summed E-state index contributed by atoms with van der Waals surface area (Å²) in [4.78, 5) is 2.68. The minimum absolute atomic E-state index is 0.0480. The van der Waals surface area contributed by atoms with E-state index in [9.17, 15) is 16.8 Å². The Hall–Kier alpha value is -1.78. The van der Waals surface area contributed by atoms with Gasteiger partial charge in [0.25, 0.3) is 0 Å². The van der Waals surface area contributed by atoms with Crippen molar-refractivity contribution in [3.8, 4) is 0 Å². The highest BCUT2D eigenvalue weighted by atomic mass is 32.2. The van der Waals surface area contributed by atoms with Crippen LogP contribution in [-0.2, 0) is 26.5 Å². The smallest absolute Gasteiger partial charge is 0.243 e. The van der Waals surface area contributed by atoms with Crippen molar-refractivity contribution in [2.24, 2.45) is 0 Å². The van der Waals surface area contributed by atoms with Gasteiger partial charge in [-0.05, 0) is 42.5 Å². The molecule has 9 heteroatoms. The Bertz CT molecular complexity index is 1120. The van der Waals surface area contributed by atoms with E-state index in [4.69, 9.17) is 0 Å². The van der Waals surface area contributed by atoms with Crippen LogP contribution in [0.2, 0.25) is 0 Å². The molecular formula is C22H29N3O4S2. The van der Waals surface area contributed by atoms with Crippen LogP contribution in [0.3, 0.4) is 0 Å². The molecule has 2 heterocycles. The first-order valence-corrected chi connectivity index (χ1v) is 13.9. The minimum atomic E-state index is -3.75. The van der Waals surface area contributed by atoms with Crippen molar-refractivity contribution in [3.05, 3.63) is 65.7 Å². The van der Waals surface area contributed by atoms with Gasteiger partial charge in [0.05, 0.1) is 11.2 Å². The predicted molar refractivity (Wildman–Crippen MR) is 121 cm³/mol. The molecule has 0 aliphatic carbocycles. The molecule has 0 aromatic heterocycles. The quantitative estimate of drug-likeness (QED) is 0.679. The van der Waals surface area contributed by atoms with E-state index in [2.05, 4.69) is 27.8 Å². The van der Waals surface area contributed by atoms with Crippen molar-refractivity contribution in [2.75, 3.05) is 32.4 Å². The lowest BCUT2D eigenvalue weighted by atomic mass is 9.85. The summed E-state index contributed by atoms with van der Waals surface area (Å²) in [7, 11) is -7.15. The highest BCUT2D eigenvalue weighted by molar-refractivity contribution is 7.89. The van der Waals surface area contributed by atoms with Crippen LogP contribution >= 0.6 is 0 Å². The van der Waals surface area contributed by atoms with Gasteiger partial charge >= 0.3 is 0 Å². The lowest BCUT2D eigenvalue weighted by Crippen LogP contribution is -2.51. The van der Waals surface area contributed by atoms with Gasteiger partial charge in [-0.3, -0.25) is 4.90 Å². The second-order valence-electron chi connectivity index (χ2n) is 8.27. The molecular weight excluding hydrogens is 434 g/mol. The maximum atomic E-state index is 13.5. The van der Waals surface area contributed by atoms with Crippen LogP contribution in [0.4, 0.5) is 0 Å². The van der Waals surface area contributed by atoms with Crippen molar-refractivity contribution >= 4 is 20.0 Å². The SMILES string of the molecule is CS(=O)(=O)NCCN([C@@H]1CCN2CCc3ccccc3[C@@H]2C1)S(=O)(=O)c1ccccc1. The Morgan fingerprint density at radius 3 is 2.45 bits per heavy atom. The largest absolute Gasteiger partial charge is 0.296 e. The van der Waals surface area contributed by atoms with Crippen molar-refractivity contribution in [1.82, 2.24) is 13.9 Å². The van der Waals surface area contributed by atoms with Gasteiger partial charge < -0.3 is 0 Å². The predicted octanol–water partition coefficient (Wildman–Crippen LogP) is 1.99. The van der Waals surface area contributed by atoms with Crippen LogP contribution in [-0.4, -0.2) is 64.5 Å². The Labute approximate surface area is 185 Å². The summed E-state index contributed by atoms with van der Waals surface area (Å²) in [5, 5.41) is 0. The average molecular weight is 464 g/mol. The van der Waals surface area contributed by atoms with Crippen molar-refractivity contribution in [2.45, 2.75) is 36.2 Å². The lowest BCUT2D eigenvalue weighted by molar-refractivity contribution is 0.0911. The molecule has 2 aromatic carbocycles. The van der Waals surface area contributed by atoms with Gasteiger partial charge in [-0.1, -0.05) is 42.5 Å². The number of sulfonamides is 2. The van der Waals surface area contributed by atoms with E-state index in [1.807, 2.05) is 6.07 Å². The second-order valence-corrected chi connectivity index (χ2v) is 12.0. The molecule has 0 bridgehead atoms. The zero-order chi connectivity index (χ0) is 22.1. The Morgan fingerprint density at radius 2 is 1.71 bits per heavy atom. The molecule has 31 heavy (non-hydrogen) atoms. The third kappa shape index (κ3) is 5.01. The van der Waals surface area contributed by atoms with Crippen LogP contribution in [0.15, 0.2) is 59.5 Å². The van der Waals surface area contributed by atoms with Gasteiger partial charge in [-0.2, -0.15) is 4.31 Å². The van der Waals surface area contributed by atoms with Crippen LogP contribution < -0.4 is 4.72 Å². The molecule has 0 radical (unpaired) electrons. The number of rotatable bonds is 7. The molecule has 1 saturated heterocycles. The maximum absolute atomic E-state index is 13.5. The topological polar surface area (TPSA) is 86.8 Å². The molecule has 2 atom stereocenters. The first-order chi connectivity index (χ1) is 14.8. The molecule has 4 rings (SSSR count). The molecule has 0 amide bonds. The van der Waals surface area contributed by atoms with E-state index in [1.165, 1.54) is 15.4 Å². The second kappa shape index (κ2) is 8.99. The number of benzene rings is 2. The van der Waals surface area contributed by atoms with Gasteiger partial charge in [-0.15, -0.1) is 0 Å². The van der Waals surface area contributed by atoms with Gasteiger partial charge in [-0.25, -0.2) is 21.6 Å². The third-order valence-corrected chi connectivity index (χ3v) is 8.92. The summed E-state index contributed by atoms with van der Waals surface area (Å²) in [5.41, 5.74) is 2.62. The summed E-state index contributed by atoms with van der Waals surface area (Å²) >= 11 is 0. The fraction of sp³-hybridized carbons (Fsp3) is 0.455. The molecule has 168 valence electrons. The highest BCUT2D eigenvalue weighted by Crippen LogP contribution is 2.39. The molecule has 0 unspecified atom stereocenters. The van der Waals surface area contributed by atoms with Gasteiger partial charge in [0.15, 0.2) is 0 Å². The molecule has 0 spiro atoms. The number of hydrogen-bond acceptors (Lipinski definition) is 5. The molecule has 0 saturated carbocycles. The van der Waals surface area contributed by atoms with E-state index in [-0.39, 0.29) is 30.1 Å². The fourth-order valence-corrected chi connectivity index (χ4v) is 6.92. The van der Waals surface area contributed by atoms with E-state index in [0.29, 0.717) is 6.42 Å². The van der Waals surface area contributed by atoms with E-state index in [1.54, 1.807) is 30.3 Å². The van der Waals surface area contributed by atoms with Gasteiger partial charge in [0.2, 0.25) is 20.0 Å². The molecule has 7 nitrogen and oxygen atoms in total. The van der Waals surface area contributed by atoms with Crippen LogP contribution in [0.1, 0.15) is 30.0 Å². The number of nitrogens with one attached hydrogen (secondary N) is 1. The maximum Gasteiger partial charge on any atom is 0.243 e. The Kier molecular flexibility index (Phi) is 6.50. The standard InChI is InChI=1S/C22H29N3O4S2/c1-30(26,27)23-13-16-25(31(28,29)20-8-3-2-4-9-20)19-12-15-24-14-11-18-7-5-6-10-21(18)22(24)17-19/h2-10,19,22-23H,11-17H2,1H3/t19-,22+/m1/s1. The average Bonchev–Trinajstić information content (AvgIpc) is 2.76. The lowest BCUT2D eigenvalue weighted by Gasteiger charge is -2.46. The van der Waals surface area contributed by atoms with Crippen LogP contribution in [0.25, 0.3) is 0 Å². The summed E-state index contributed by atoms with van der Waals surface area (Å²) in [6.45, 7) is 1.95. The first-order valence-electron chi connectivity index (χ1n) is 10.6. The van der Waals surface area contributed by atoms with Crippen molar-refractivity contribution in [1.29, 1.82) is 0 Å². The Balaban J connectivity index is 1.62. The zero-order valence-corrected chi connectivity index (χ0v) is 19.3. The van der Waals surface area contributed by atoms with Crippen molar-refractivity contribution < 1.29 is 16.8 Å².